The highest BCUT2D eigenvalue weighted by Crippen LogP contribution is 2.08. The number of unbranched alkanes of at least 4 members (excludes halogenated alkanes) is 1. The summed E-state index contributed by atoms with van der Waals surface area (Å²) in [5.41, 5.74) is 0. The van der Waals surface area contributed by atoms with Gasteiger partial charge in [-0.2, -0.15) is 0 Å². The normalized spacial score (nSPS) is 12.6. The van der Waals surface area contributed by atoms with Crippen molar-refractivity contribution < 1.29 is 19.4 Å². The number of aliphatic carboxylic acids is 1. The van der Waals surface area contributed by atoms with E-state index in [4.69, 9.17) is 33.0 Å². The van der Waals surface area contributed by atoms with Gasteiger partial charge >= 0.3 is 11.9 Å². The van der Waals surface area contributed by atoms with Gasteiger partial charge in [0.25, 0.3) is 0 Å². The van der Waals surface area contributed by atoms with E-state index in [9.17, 15) is 9.59 Å². The monoisotopic (exact) mass is 268 g/mol. The first-order valence-corrected chi connectivity index (χ1v) is 5.81. The molecule has 0 rings (SSSR count). The summed E-state index contributed by atoms with van der Waals surface area (Å²) in [7, 11) is 0. The summed E-state index contributed by atoms with van der Waals surface area (Å²) in [6, 6.07) is 0. The van der Waals surface area contributed by atoms with Crippen LogP contribution < -0.4 is 0 Å². The Morgan fingerprint density at radius 1 is 1.31 bits per heavy atom. The van der Waals surface area contributed by atoms with Crippen molar-refractivity contribution in [3.63, 3.8) is 0 Å². The minimum absolute atomic E-state index is 0.0760. The Morgan fingerprint density at radius 3 is 2.56 bits per heavy atom. The number of ether oxygens (including phenoxy) is 1. The Hall–Kier alpha value is -0.740. The second-order valence-electron chi connectivity index (χ2n) is 3.08. The third-order valence-corrected chi connectivity index (χ3v) is 2.28. The standard InChI is InChI=1S/C10H14Cl2O4/c11-6-2-1-3-8(12)7-16-10(15)5-4-9(13)14/h4-5,8H,1-3,6-7H2,(H,13,14). The first-order chi connectivity index (χ1) is 7.56. The van der Waals surface area contributed by atoms with Gasteiger partial charge in [0, 0.05) is 18.0 Å². The van der Waals surface area contributed by atoms with E-state index < -0.39 is 11.9 Å². The molecule has 0 bridgehead atoms. The van der Waals surface area contributed by atoms with Gasteiger partial charge in [0.1, 0.15) is 6.61 Å². The van der Waals surface area contributed by atoms with Crippen molar-refractivity contribution in [3.8, 4) is 0 Å². The predicted molar refractivity (Wildman–Crippen MR) is 61.9 cm³/mol. The molecule has 0 aliphatic heterocycles. The number of hydrogen-bond acceptors (Lipinski definition) is 3. The van der Waals surface area contributed by atoms with Crippen LogP contribution in [0.15, 0.2) is 12.2 Å². The van der Waals surface area contributed by atoms with Crippen LogP contribution >= 0.6 is 23.2 Å². The Labute approximate surface area is 104 Å². The predicted octanol–water partition coefficient (Wildman–Crippen LogP) is 2.19. The number of carboxylic acid groups (broad SMARTS) is 1. The summed E-state index contributed by atoms with van der Waals surface area (Å²) in [6.07, 6.45) is 4.03. The van der Waals surface area contributed by atoms with Gasteiger partial charge in [0.05, 0.1) is 5.38 Å². The summed E-state index contributed by atoms with van der Waals surface area (Å²) in [4.78, 5) is 21.0. The molecule has 0 saturated heterocycles. The molecule has 0 amide bonds. The van der Waals surface area contributed by atoms with Gasteiger partial charge in [-0.25, -0.2) is 9.59 Å². The van der Waals surface area contributed by atoms with Crippen LogP contribution in [0.3, 0.4) is 0 Å². The van der Waals surface area contributed by atoms with Crippen LogP contribution in [-0.2, 0) is 14.3 Å². The minimum atomic E-state index is -1.19. The van der Waals surface area contributed by atoms with E-state index in [1.807, 2.05) is 0 Å². The van der Waals surface area contributed by atoms with Gasteiger partial charge in [0.2, 0.25) is 0 Å². The lowest BCUT2D eigenvalue weighted by atomic mass is 10.2. The fourth-order valence-corrected chi connectivity index (χ4v) is 1.31. The first kappa shape index (κ1) is 15.3. The van der Waals surface area contributed by atoms with Gasteiger partial charge in [-0.05, 0) is 12.8 Å². The number of carbonyl (C=O) groups is 2. The molecule has 0 radical (unpaired) electrons. The summed E-state index contributed by atoms with van der Waals surface area (Å²) >= 11 is 11.4. The lowest BCUT2D eigenvalue weighted by Crippen LogP contribution is -2.13. The molecule has 0 heterocycles. The highest BCUT2D eigenvalue weighted by Gasteiger charge is 2.07. The molecule has 6 heteroatoms. The van der Waals surface area contributed by atoms with Crippen molar-refractivity contribution >= 4 is 35.1 Å². The van der Waals surface area contributed by atoms with E-state index in [1.54, 1.807) is 0 Å². The van der Waals surface area contributed by atoms with Gasteiger partial charge in [-0.3, -0.25) is 0 Å². The molecule has 0 aliphatic rings. The maximum absolute atomic E-state index is 10.9. The summed E-state index contributed by atoms with van der Waals surface area (Å²) in [5, 5.41) is 7.99. The Balaban J connectivity index is 3.62. The molecule has 1 atom stereocenters. The average Bonchev–Trinajstić information content (AvgIpc) is 2.24. The number of carboxylic acids is 1. The molecule has 0 saturated carbocycles. The van der Waals surface area contributed by atoms with Crippen LogP contribution in [0.25, 0.3) is 0 Å². The lowest BCUT2D eigenvalue weighted by molar-refractivity contribution is -0.138. The minimum Gasteiger partial charge on any atom is -0.478 e. The number of carbonyl (C=O) groups excluding carboxylic acids is 1. The molecule has 4 nitrogen and oxygen atoms in total. The van der Waals surface area contributed by atoms with E-state index in [0.717, 1.165) is 25.0 Å². The number of hydrogen-bond donors (Lipinski definition) is 1. The summed E-state index contributed by atoms with van der Waals surface area (Å²) < 4.78 is 4.73. The van der Waals surface area contributed by atoms with Gasteiger partial charge in [0.15, 0.2) is 0 Å². The van der Waals surface area contributed by atoms with Crippen LogP contribution in [0.2, 0.25) is 0 Å². The van der Waals surface area contributed by atoms with Crippen molar-refractivity contribution in [2.45, 2.75) is 24.6 Å². The molecular weight excluding hydrogens is 255 g/mol. The maximum Gasteiger partial charge on any atom is 0.331 e. The second-order valence-corrected chi connectivity index (χ2v) is 4.08. The molecule has 16 heavy (non-hydrogen) atoms. The molecule has 0 aromatic carbocycles. The molecule has 92 valence electrons. The highest BCUT2D eigenvalue weighted by molar-refractivity contribution is 6.20. The Morgan fingerprint density at radius 2 is 2.00 bits per heavy atom. The topological polar surface area (TPSA) is 63.6 Å². The second kappa shape index (κ2) is 9.48. The zero-order valence-electron chi connectivity index (χ0n) is 8.70. The molecule has 0 aliphatic carbocycles. The fourth-order valence-electron chi connectivity index (χ4n) is 0.904. The Bertz CT molecular complexity index is 253. The molecule has 1 unspecified atom stereocenters. The van der Waals surface area contributed by atoms with Crippen LogP contribution in [0.1, 0.15) is 19.3 Å². The number of halogens is 2. The summed E-state index contributed by atoms with van der Waals surface area (Å²) in [6.45, 7) is 0.0760. The maximum atomic E-state index is 10.9. The van der Waals surface area contributed by atoms with E-state index in [-0.39, 0.29) is 12.0 Å². The van der Waals surface area contributed by atoms with E-state index in [1.165, 1.54) is 0 Å². The zero-order chi connectivity index (χ0) is 12.4. The first-order valence-electron chi connectivity index (χ1n) is 4.84. The largest absolute Gasteiger partial charge is 0.478 e. The third kappa shape index (κ3) is 9.80. The smallest absolute Gasteiger partial charge is 0.331 e. The van der Waals surface area contributed by atoms with Crippen molar-refractivity contribution in [2.24, 2.45) is 0 Å². The van der Waals surface area contributed by atoms with Gasteiger partial charge in [-0.1, -0.05) is 6.42 Å². The molecule has 0 fully saturated rings. The Kier molecular flexibility index (Phi) is 9.04. The zero-order valence-corrected chi connectivity index (χ0v) is 10.2. The van der Waals surface area contributed by atoms with Gasteiger partial charge in [-0.15, -0.1) is 23.2 Å². The van der Waals surface area contributed by atoms with Crippen molar-refractivity contribution in [3.05, 3.63) is 12.2 Å². The molecule has 0 aromatic heterocycles. The van der Waals surface area contributed by atoms with E-state index in [0.29, 0.717) is 12.3 Å². The van der Waals surface area contributed by atoms with Crippen molar-refractivity contribution in [1.82, 2.24) is 0 Å². The van der Waals surface area contributed by atoms with Crippen LogP contribution in [0, 0.1) is 0 Å². The summed E-state index contributed by atoms with van der Waals surface area (Å²) in [5.74, 6) is -1.31. The van der Waals surface area contributed by atoms with E-state index in [2.05, 4.69) is 0 Å². The highest BCUT2D eigenvalue weighted by atomic mass is 35.5. The molecule has 1 N–H and O–H groups in total. The SMILES string of the molecule is O=C(O)C=CC(=O)OCC(Cl)CCCCCl. The quantitative estimate of drug-likeness (QED) is 0.317. The van der Waals surface area contributed by atoms with E-state index >= 15 is 0 Å². The van der Waals surface area contributed by atoms with Crippen LogP contribution in [-0.4, -0.2) is 34.9 Å². The van der Waals surface area contributed by atoms with Crippen molar-refractivity contribution in [2.75, 3.05) is 12.5 Å². The molecule has 0 aromatic rings. The van der Waals surface area contributed by atoms with Crippen LogP contribution in [0.5, 0.6) is 0 Å². The average molecular weight is 269 g/mol. The molecular formula is C10H14Cl2O4. The van der Waals surface area contributed by atoms with Crippen molar-refractivity contribution in [1.29, 1.82) is 0 Å². The number of esters is 1. The van der Waals surface area contributed by atoms with Gasteiger partial charge < -0.3 is 9.84 Å². The third-order valence-electron chi connectivity index (χ3n) is 1.67. The van der Waals surface area contributed by atoms with Crippen LogP contribution in [0.4, 0.5) is 0 Å². The number of rotatable bonds is 8. The fraction of sp³-hybridized carbons (Fsp3) is 0.600. The number of alkyl halides is 2. The lowest BCUT2D eigenvalue weighted by Gasteiger charge is -2.08. The molecule has 0 spiro atoms.